The largest absolute Gasteiger partial charge is 0.383 e. The number of methoxy groups -OCH3 is 1. The van der Waals surface area contributed by atoms with E-state index in [0.29, 0.717) is 29.4 Å². The molecule has 0 fully saturated rings. The quantitative estimate of drug-likeness (QED) is 0.630. The first-order valence-electron chi connectivity index (χ1n) is 6.19. The molecule has 0 aliphatic carbocycles. The molecule has 1 unspecified atom stereocenters. The van der Waals surface area contributed by atoms with Gasteiger partial charge in [-0.25, -0.2) is 9.82 Å². The minimum absolute atomic E-state index is 0.0202. The van der Waals surface area contributed by atoms with Gasteiger partial charge in [0.1, 0.15) is 5.82 Å². The molecule has 3 N–H and O–H groups in total. The highest BCUT2D eigenvalue weighted by Crippen LogP contribution is 2.29. The van der Waals surface area contributed by atoms with Gasteiger partial charge < -0.3 is 4.74 Å². The van der Waals surface area contributed by atoms with Gasteiger partial charge in [0.05, 0.1) is 41.1 Å². The minimum atomic E-state index is -0.491. The van der Waals surface area contributed by atoms with E-state index in [1.165, 1.54) is 18.3 Å². The highest BCUT2D eigenvalue weighted by atomic mass is 35.5. The summed E-state index contributed by atoms with van der Waals surface area (Å²) in [4.78, 5) is 0. The molecule has 1 heterocycles. The average Bonchev–Trinajstić information content (AvgIpc) is 2.83. The van der Waals surface area contributed by atoms with Gasteiger partial charge in [0.15, 0.2) is 0 Å². The predicted octanol–water partition coefficient (Wildman–Crippen LogP) is 2.53. The first kappa shape index (κ1) is 16.2. The summed E-state index contributed by atoms with van der Waals surface area (Å²) in [6.45, 7) is 0.998. The Hall–Kier alpha value is -1.18. The summed E-state index contributed by atoms with van der Waals surface area (Å²) in [5.41, 5.74) is 4.01. The van der Waals surface area contributed by atoms with Crippen LogP contribution in [0.3, 0.4) is 0 Å². The van der Waals surface area contributed by atoms with E-state index in [1.54, 1.807) is 17.9 Å². The van der Waals surface area contributed by atoms with E-state index in [1.807, 2.05) is 0 Å². The maximum atomic E-state index is 13.3. The van der Waals surface area contributed by atoms with Crippen molar-refractivity contribution in [1.82, 2.24) is 15.2 Å². The fourth-order valence-electron chi connectivity index (χ4n) is 2.04. The number of hydrogen-bond acceptors (Lipinski definition) is 4. The van der Waals surface area contributed by atoms with Gasteiger partial charge in [-0.3, -0.25) is 10.5 Å². The number of halogens is 3. The third-order valence-corrected chi connectivity index (χ3v) is 3.64. The van der Waals surface area contributed by atoms with Crippen molar-refractivity contribution < 1.29 is 9.13 Å². The Kier molecular flexibility index (Phi) is 5.55. The van der Waals surface area contributed by atoms with Crippen molar-refractivity contribution in [2.24, 2.45) is 5.84 Å². The molecule has 0 bridgehead atoms. The Morgan fingerprint density at radius 3 is 2.81 bits per heavy atom. The summed E-state index contributed by atoms with van der Waals surface area (Å²) in [7, 11) is 1.60. The molecule has 2 aromatic rings. The summed E-state index contributed by atoms with van der Waals surface area (Å²) < 4.78 is 20.0. The number of hydrazine groups is 1. The monoisotopic (exact) mass is 332 g/mol. The molecule has 1 atom stereocenters. The normalized spacial score (nSPS) is 12.6. The number of rotatable bonds is 6. The van der Waals surface area contributed by atoms with Crippen LogP contribution in [0, 0.1) is 5.82 Å². The number of benzene rings is 1. The van der Waals surface area contributed by atoms with E-state index in [-0.39, 0.29) is 5.02 Å². The second-order valence-electron chi connectivity index (χ2n) is 4.37. The van der Waals surface area contributed by atoms with Crippen molar-refractivity contribution in [3.63, 3.8) is 0 Å². The fraction of sp³-hybridized carbons (Fsp3) is 0.308. The highest BCUT2D eigenvalue weighted by Gasteiger charge is 2.22. The number of nitrogens with zero attached hydrogens (tertiary/aromatic N) is 2. The first-order valence-corrected chi connectivity index (χ1v) is 6.95. The van der Waals surface area contributed by atoms with E-state index in [9.17, 15) is 4.39 Å². The zero-order chi connectivity index (χ0) is 15.4. The van der Waals surface area contributed by atoms with Crippen LogP contribution in [0.2, 0.25) is 10.0 Å². The Labute approximate surface area is 131 Å². The van der Waals surface area contributed by atoms with E-state index in [4.69, 9.17) is 33.8 Å². The molecule has 0 saturated heterocycles. The average molecular weight is 333 g/mol. The van der Waals surface area contributed by atoms with Crippen molar-refractivity contribution in [3.05, 3.63) is 51.5 Å². The second kappa shape index (κ2) is 7.20. The van der Waals surface area contributed by atoms with Crippen LogP contribution in [0.4, 0.5) is 4.39 Å². The molecule has 8 heteroatoms. The summed E-state index contributed by atoms with van der Waals surface area (Å²) in [5.74, 6) is 5.14. The van der Waals surface area contributed by atoms with Gasteiger partial charge in [-0.05, 0) is 17.7 Å². The third kappa shape index (κ3) is 3.53. The summed E-state index contributed by atoms with van der Waals surface area (Å²) in [6, 6.07) is 3.92. The maximum Gasteiger partial charge on any atom is 0.141 e. The van der Waals surface area contributed by atoms with E-state index >= 15 is 0 Å². The number of hydrogen-bond donors (Lipinski definition) is 2. The van der Waals surface area contributed by atoms with Crippen LogP contribution >= 0.6 is 23.2 Å². The predicted molar refractivity (Wildman–Crippen MR) is 79.7 cm³/mol. The van der Waals surface area contributed by atoms with Crippen LogP contribution in [0.25, 0.3) is 0 Å². The van der Waals surface area contributed by atoms with Crippen LogP contribution in [-0.2, 0) is 11.3 Å². The summed E-state index contributed by atoms with van der Waals surface area (Å²) in [6.07, 6.45) is 1.53. The molecule has 1 aromatic heterocycles. The molecular weight excluding hydrogens is 318 g/mol. The summed E-state index contributed by atoms with van der Waals surface area (Å²) in [5, 5.41) is 4.66. The number of aromatic nitrogens is 2. The molecule has 0 aliphatic rings. The smallest absolute Gasteiger partial charge is 0.141 e. The lowest BCUT2D eigenvalue weighted by Crippen LogP contribution is -2.31. The van der Waals surface area contributed by atoms with Crippen molar-refractivity contribution in [2.45, 2.75) is 12.6 Å². The van der Waals surface area contributed by atoms with Gasteiger partial charge >= 0.3 is 0 Å². The van der Waals surface area contributed by atoms with Gasteiger partial charge in [0.25, 0.3) is 0 Å². The molecular formula is C13H15Cl2FN4O. The Morgan fingerprint density at radius 1 is 1.43 bits per heavy atom. The minimum Gasteiger partial charge on any atom is -0.383 e. The third-order valence-electron chi connectivity index (χ3n) is 3.06. The molecule has 0 radical (unpaired) electrons. The lowest BCUT2D eigenvalue weighted by molar-refractivity contribution is 0.182. The number of ether oxygens (including phenoxy) is 1. The van der Waals surface area contributed by atoms with Gasteiger partial charge in [-0.15, -0.1) is 0 Å². The molecule has 0 amide bonds. The topological polar surface area (TPSA) is 65.1 Å². The van der Waals surface area contributed by atoms with Crippen LogP contribution in [-0.4, -0.2) is 23.5 Å². The molecule has 5 nitrogen and oxygen atoms in total. The van der Waals surface area contributed by atoms with Crippen molar-refractivity contribution in [1.29, 1.82) is 0 Å². The SMILES string of the molecule is COCCn1ncc(Cl)c1C(NN)c1ccc(F)c(Cl)c1. The van der Waals surface area contributed by atoms with Gasteiger partial charge in [-0.1, -0.05) is 29.3 Å². The van der Waals surface area contributed by atoms with Gasteiger partial charge in [-0.2, -0.15) is 5.10 Å². The molecule has 21 heavy (non-hydrogen) atoms. The Balaban J connectivity index is 2.40. The first-order chi connectivity index (χ1) is 10.1. The lowest BCUT2D eigenvalue weighted by atomic mass is 10.0. The maximum absolute atomic E-state index is 13.3. The van der Waals surface area contributed by atoms with Crippen LogP contribution in [0.1, 0.15) is 17.3 Å². The van der Waals surface area contributed by atoms with E-state index in [2.05, 4.69) is 10.5 Å². The van der Waals surface area contributed by atoms with Crippen molar-refractivity contribution >= 4 is 23.2 Å². The lowest BCUT2D eigenvalue weighted by Gasteiger charge is -2.19. The van der Waals surface area contributed by atoms with Crippen LogP contribution in [0.5, 0.6) is 0 Å². The van der Waals surface area contributed by atoms with Crippen molar-refractivity contribution in [3.8, 4) is 0 Å². The number of nitrogens with one attached hydrogen (secondary N) is 1. The molecule has 114 valence electrons. The fourth-order valence-corrected chi connectivity index (χ4v) is 2.48. The van der Waals surface area contributed by atoms with E-state index in [0.717, 1.165) is 0 Å². The zero-order valence-corrected chi connectivity index (χ0v) is 12.8. The number of nitrogens with two attached hydrogens (primary N) is 1. The highest BCUT2D eigenvalue weighted by molar-refractivity contribution is 6.31. The van der Waals surface area contributed by atoms with E-state index < -0.39 is 11.9 Å². The standard InChI is InChI=1S/C13H15Cl2FN4O/c1-21-5-4-20-13(10(15)7-18-20)12(19-17)8-2-3-11(16)9(14)6-8/h2-3,6-7,12,19H,4-5,17H2,1H3. The molecule has 0 spiro atoms. The summed E-state index contributed by atoms with van der Waals surface area (Å²) >= 11 is 12.0. The Bertz CT molecular complexity index is 620. The second-order valence-corrected chi connectivity index (χ2v) is 5.18. The zero-order valence-electron chi connectivity index (χ0n) is 11.3. The molecule has 0 aliphatic heterocycles. The molecule has 1 aromatic carbocycles. The van der Waals surface area contributed by atoms with Crippen molar-refractivity contribution in [2.75, 3.05) is 13.7 Å². The van der Waals surface area contributed by atoms with Crippen LogP contribution in [0.15, 0.2) is 24.4 Å². The molecule has 0 saturated carbocycles. The van der Waals surface area contributed by atoms with Crippen LogP contribution < -0.4 is 11.3 Å². The Morgan fingerprint density at radius 2 is 2.19 bits per heavy atom. The van der Waals surface area contributed by atoms with Gasteiger partial charge in [0, 0.05) is 7.11 Å². The van der Waals surface area contributed by atoms with Gasteiger partial charge in [0.2, 0.25) is 0 Å². The molecule has 2 rings (SSSR count).